The summed E-state index contributed by atoms with van der Waals surface area (Å²) in [5, 5.41) is 4.12. The Kier molecular flexibility index (Phi) is 5.96. The van der Waals surface area contributed by atoms with Crippen LogP contribution in [0.25, 0.3) is 10.9 Å². The monoisotopic (exact) mass is 355 g/mol. The maximum atomic E-state index is 13.1. The van der Waals surface area contributed by atoms with Crippen LogP contribution in [0.4, 0.5) is 0 Å². The topological polar surface area (TPSA) is 65.2 Å². The normalized spacial score (nSPS) is 16.0. The average molecular weight is 355 g/mol. The number of hydrogen-bond donors (Lipinski definition) is 2. The first-order valence-corrected chi connectivity index (χ1v) is 9.67. The van der Waals surface area contributed by atoms with Gasteiger partial charge in [0, 0.05) is 43.0 Å². The first kappa shape index (κ1) is 18.5. The molecule has 1 aliphatic heterocycles. The summed E-state index contributed by atoms with van der Waals surface area (Å²) in [4.78, 5) is 30.6. The van der Waals surface area contributed by atoms with Crippen LogP contribution in [0.5, 0.6) is 0 Å². The van der Waals surface area contributed by atoms with Crippen LogP contribution in [0, 0.1) is 5.92 Å². The molecule has 2 aromatic rings. The van der Waals surface area contributed by atoms with Gasteiger partial charge in [0.05, 0.1) is 0 Å². The minimum absolute atomic E-state index is 0.0461. The number of nitrogens with one attached hydrogen (secondary N) is 2. The molecule has 0 aliphatic carbocycles. The number of likely N-dealkylation sites (tertiary alicyclic amines) is 1. The Balaban J connectivity index is 1.79. The van der Waals surface area contributed by atoms with Gasteiger partial charge in [0.25, 0.3) is 0 Å². The number of H-pyrrole nitrogens is 1. The van der Waals surface area contributed by atoms with E-state index >= 15 is 0 Å². The molecule has 0 unspecified atom stereocenters. The first-order valence-electron chi connectivity index (χ1n) is 9.67. The Labute approximate surface area is 155 Å². The van der Waals surface area contributed by atoms with E-state index in [2.05, 4.69) is 16.4 Å². The molecule has 2 heterocycles. The fraction of sp³-hybridized carbons (Fsp3) is 0.524. The molecule has 1 aromatic heterocycles. The van der Waals surface area contributed by atoms with Crippen molar-refractivity contribution in [3.05, 3.63) is 36.0 Å². The van der Waals surface area contributed by atoms with Crippen molar-refractivity contribution < 1.29 is 9.59 Å². The van der Waals surface area contributed by atoms with Gasteiger partial charge in [0.2, 0.25) is 11.8 Å². The van der Waals surface area contributed by atoms with Gasteiger partial charge in [-0.1, -0.05) is 32.0 Å². The molecule has 5 heteroatoms. The lowest BCUT2D eigenvalue weighted by Crippen LogP contribution is -2.51. The van der Waals surface area contributed by atoms with Crippen LogP contribution in [-0.4, -0.2) is 40.8 Å². The standard InChI is InChI=1S/C21H29N3O2/c1-15(2)12-20(25)23-19(21(26)24-10-6-3-7-11-24)13-16-14-22-18-9-5-4-8-17(16)18/h4-5,8-9,14-15,19,22H,3,6-7,10-13H2,1-2H3,(H,23,25)/t19-/m0/s1. The summed E-state index contributed by atoms with van der Waals surface area (Å²) in [6, 6.07) is 7.57. The molecule has 0 spiro atoms. The Hall–Kier alpha value is -2.30. The fourth-order valence-electron chi connectivity index (χ4n) is 3.68. The van der Waals surface area contributed by atoms with Crippen LogP contribution in [0.2, 0.25) is 0 Å². The number of amides is 2. The average Bonchev–Trinajstić information content (AvgIpc) is 3.04. The van der Waals surface area contributed by atoms with E-state index in [4.69, 9.17) is 0 Å². The maximum absolute atomic E-state index is 13.1. The van der Waals surface area contributed by atoms with E-state index in [-0.39, 0.29) is 17.7 Å². The van der Waals surface area contributed by atoms with Crippen molar-refractivity contribution in [2.75, 3.05) is 13.1 Å². The molecule has 0 bridgehead atoms. The highest BCUT2D eigenvalue weighted by Crippen LogP contribution is 2.20. The van der Waals surface area contributed by atoms with Crippen LogP contribution >= 0.6 is 0 Å². The SMILES string of the molecule is CC(C)CC(=O)N[C@@H](Cc1c[nH]c2ccccc12)C(=O)N1CCCCC1. The number of carbonyl (C=O) groups excluding carboxylic acids is 2. The number of rotatable bonds is 6. The number of aromatic amines is 1. The zero-order chi connectivity index (χ0) is 18.5. The van der Waals surface area contributed by atoms with Crippen LogP contribution in [0.1, 0.15) is 45.1 Å². The second-order valence-electron chi connectivity index (χ2n) is 7.67. The Morgan fingerprint density at radius 2 is 1.88 bits per heavy atom. The van der Waals surface area contributed by atoms with Gasteiger partial charge in [-0.25, -0.2) is 0 Å². The van der Waals surface area contributed by atoms with Crippen LogP contribution in [-0.2, 0) is 16.0 Å². The number of para-hydroxylation sites is 1. The first-order chi connectivity index (χ1) is 12.5. The van der Waals surface area contributed by atoms with Gasteiger partial charge >= 0.3 is 0 Å². The summed E-state index contributed by atoms with van der Waals surface area (Å²) < 4.78 is 0. The summed E-state index contributed by atoms with van der Waals surface area (Å²) in [7, 11) is 0. The van der Waals surface area contributed by atoms with Gasteiger partial charge in [-0.05, 0) is 36.8 Å². The number of benzene rings is 1. The van der Waals surface area contributed by atoms with Gasteiger partial charge in [-0.15, -0.1) is 0 Å². The Morgan fingerprint density at radius 1 is 1.15 bits per heavy atom. The lowest BCUT2D eigenvalue weighted by Gasteiger charge is -2.31. The third-order valence-electron chi connectivity index (χ3n) is 4.99. The molecule has 1 saturated heterocycles. The molecule has 5 nitrogen and oxygen atoms in total. The van der Waals surface area contributed by atoms with Crippen molar-refractivity contribution in [2.24, 2.45) is 5.92 Å². The third kappa shape index (κ3) is 4.45. The predicted octanol–water partition coefficient (Wildman–Crippen LogP) is 3.25. The second kappa shape index (κ2) is 8.39. The van der Waals surface area contributed by atoms with Crippen molar-refractivity contribution in [1.29, 1.82) is 0 Å². The van der Waals surface area contributed by atoms with Gasteiger partial charge in [0.1, 0.15) is 6.04 Å². The van der Waals surface area contributed by atoms with E-state index in [1.807, 2.05) is 43.1 Å². The summed E-state index contributed by atoms with van der Waals surface area (Å²) in [5.41, 5.74) is 2.13. The molecule has 26 heavy (non-hydrogen) atoms. The maximum Gasteiger partial charge on any atom is 0.245 e. The molecule has 0 radical (unpaired) electrons. The zero-order valence-electron chi connectivity index (χ0n) is 15.8. The summed E-state index contributed by atoms with van der Waals surface area (Å²) in [6.45, 7) is 5.62. The van der Waals surface area contributed by atoms with E-state index in [0.29, 0.717) is 12.8 Å². The molecule has 1 aromatic carbocycles. The second-order valence-corrected chi connectivity index (χ2v) is 7.67. The van der Waals surface area contributed by atoms with Gasteiger partial charge in [0.15, 0.2) is 0 Å². The summed E-state index contributed by atoms with van der Waals surface area (Å²) in [6.07, 6.45) is 6.18. The molecule has 1 aliphatic rings. The minimum atomic E-state index is -0.501. The van der Waals surface area contributed by atoms with E-state index in [9.17, 15) is 9.59 Å². The van der Waals surface area contributed by atoms with Gasteiger partial charge in [-0.2, -0.15) is 0 Å². The Bertz CT molecular complexity index is 759. The molecule has 1 fully saturated rings. The zero-order valence-corrected chi connectivity index (χ0v) is 15.8. The molecule has 1 atom stereocenters. The number of nitrogens with zero attached hydrogens (tertiary/aromatic N) is 1. The van der Waals surface area contributed by atoms with Crippen molar-refractivity contribution in [2.45, 2.75) is 52.0 Å². The third-order valence-corrected chi connectivity index (χ3v) is 4.99. The van der Waals surface area contributed by atoms with E-state index in [1.54, 1.807) is 0 Å². The predicted molar refractivity (Wildman–Crippen MR) is 104 cm³/mol. The highest BCUT2D eigenvalue weighted by Gasteiger charge is 2.28. The number of fused-ring (bicyclic) bond motifs is 1. The molecular weight excluding hydrogens is 326 g/mol. The molecule has 2 amide bonds. The summed E-state index contributed by atoms with van der Waals surface area (Å²) in [5.74, 6) is 0.274. The van der Waals surface area contributed by atoms with E-state index in [1.165, 1.54) is 6.42 Å². The molecule has 2 N–H and O–H groups in total. The van der Waals surface area contributed by atoms with Crippen LogP contribution in [0.15, 0.2) is 30.5 Å². The minimum Gasteiger partial charge on any atom is -0.361 e. The van der Waals surface area contributed by atoms with Crippen molar-refractivity contribution in [3.63, 3.8) is 0 Å². The summed E-state index contributed by atoms with van der Waals surface area (Å²) >= 11 is 0. The van der Waals surface area contributed by atoms with Crippen molar-refractivity contribution in [3.8, 4) is 0 Å². The van der Waals surface area contributed by atoms with Crippen LogP contribution in [0.3, 0.4) is 0 Å². The van der Waals surface area contributed by atoms with Gasteiger partial charge in [-0.3, -0.25) is 9.59 Å². The highest BCUT2D eigenvalue weighted by molar-refractivity contribution is 5.89. The molecule has 140 valence electrons. The smallest absolute Gasteiger partial charge is 0.245 e. The number of aromatic nitrogens is 1. The molecule has 3 rings (SSSR count). The van der Waals surface area contributed by atoms with Crippen LogP contribution < -0.4 is 5.32 Å². The van der Waals surface area contributed by atoms with E-state index in [0.717, 1.165) is 42.4 Å². The molecule has 0 saturated carbocycles. The van der Waals surface area contributed by atoms with Crippen molar-refractivity contribution in [1.82, 2.24) is 15.2 Å². The Morgan fingerprint density at radius 3 is 2.62 bits per heavy atom. The number of hydrogen-bond acceptors (Lipinski definition) is 2. The fourth-order valence-corrected chi connectivity index (χ4v) is 3.68. The largest absolute Gasteiger partial charge is 0.361 e. The van der Waals surface area contributed by atoms with Gasteiger partial charge < -0.3 is 15.2 Å². The van der Waals surface area contributed by atoms with E-state index < -0.39 is 6.04 Å². The lowest BCUT2D eigenvalue weighted by molar-refractivity contribution is -0.137. The lowest BCUT2D eigenvalue weighted by atomic mass is 10.0. The highest BCUT2D eigenvalue weighted by atomic mass is 16.2. The number of carbonyl (C=O) groups is 2. The van der Waals surface area contributed by atoms with Crippen molar-refractivity contribution >= 4 is 22.7 Å². The quantitative estimate of drug-likeness (QED) is 0.835. The number of piperidine rings is 1. The molecular formula is C21H29N3O2.